The van der Waals surface area contributed by atoms with Crippen LogP contribution in [0.25, 0.3) is 0 Å². The molecule has 0 N–H and O–H groups in total. The van der Waals surface area contributed by atoms with E-state index in [2.05, 4.69) is 22.6 Å². The number of aryl methyl sites for hydroxylation is 4. The van der Waals surface area contributed by atoms with E-state index in [1.807, 2.05) is 93.3 Å². The van der Waals surface area contributed by atoms with E-state index in [0.29, 0.717) is 22.3 Å². The van der Waals surface area contributed by atoms with Crippen molar-refractivity contribution in [1.29, 1.82) is 0 Å². The van der Waals surface area contributed by atoms with Crippen LogP contribution in [-0.4, -0.2) is 36.5 Å². The summed E-state index contributed by atoms with van der Waals surface area (Å²) in [6.45, 7) is 7.85. The van der Waals surface area contributed by atoms with Crippen molar-refractivity contribution in [2.75, 3.05) is 19.2 Å². The van der Waals surface area contributed by atoms with Gasteiger partial charge in [-0.2, -0.15) is 0 Å². The zero-order valence-electron chi connectivity index (χ0n) is 24.7. The number of carbonyl (C=O) groups excluding carboxylic acids is 3. The Morgan fingerprint density at radius 1 is 0.500 bits per heavy atom. The summed E-state index contributed by atoms with van der Waals surface area (Å²) >= 11 is 2.15. The van der Waals surface area contributed by atoms with E-state index in [1.54, 1.807) is 36.4 Å². The van der Waals surface area contributed by atoms with Crippen molar-refractivity contribution in [3.8, 4) is 0 Å². The molecule has 42 heavy (non-hydrogen) atoms. The SMILES string of the molecule is C.CI.COC(OC)(C(=O)c1ccc(C)cc1)c1ccc(C)cc1.Cc1ccc(C(=O)C(=O)c2ccc(C)cc2)cc1. The van der Waals surface area contributed by atoms with E-state index in [4.69, 9.17) is 9.47 Å². The van der Waals surface area contributed by atoms with Gasteiger partial charge in [0.05, 0.1) is 0 Å². The van der Waals surface area contributed by atoms with E-state index in [9.17, 15) is 14.4 Å². The summed E-state index contributed by atoms with van der Waals surface area (Å²) in [7, 11) is 2.96. The second-order valence-electron chi connectivity index (χ2n) is 9.48. The zero-order chi connectivity index (χ0) is 30.6. The third-order valence-corrected chi connectivity index (χ3v) is 6.45. The maximum Gasteiger partial charge on any atom is 0.260 e. The molecule has 0 radical (unpaired) electrons. The molecule has 0 aliphatic heterocycles. The molecule has 0 saturated heterocycles. The van der Waals surface area contributed by atoms with Crippen molar-refractivity contribution in [3.63, 3.8) is 0 Å². The van der Waals surface area contributed by atoms with Crippen molar-refractivity contribution in [2.24, 2.45) is 0 Å². The molecule has 0 saturated carbocycles. The van der Waals surface area contributed by atoms with Crippen LogP contribution in [0.5, 0.6) is 0 Å². The zero-order valence-corrected chi connectivity index (χ0v) is 26.8. The standard InChI is InChI=1S/C18H20O3.C16H14O2.CH3I.CH4/c1-13-5-9-15(10-6-13)17(19)18(20-3,21-4)16-11-7-14(2)8-12-16;1-11-3-7-13(8-4-11)15(17)16(18)14-9-5-12(2)6-10-14;1-2;/h5-12H,1-4H3;3-10H,1-2H3;1H3;1H4. The number of alkyl halides is 1. The normalized spacial score (nSPS) is 10.2. The Bertz CT molecular complexity index is 1360. The smallest absolute Gasteiger partial charge is 0.260 e. The van der Waals surface area contributed by atoms with Crippen LogP contribution in [0.4, 0.5) is 0 Å². The first-order valence-electron chi connectivity index (χ1n) is 13.0. The predicted octanol–water partition coefficient (Wildman–Crippen LogP) is 8.69. The van der Waals surface area contributed by atoms with Gasteiger partial charge in [-0.25, -0.2) is 0 Å². The number of rotatable bonds is 8. The van der Waals surface area contributed by atoms with Crippen LogP contribution in [0.15, 0.2) is 97.1 Å². The second kappa shape index (κ2) is 17.5. The van der Waals surface area contributed by atoms with Crippen LogP contribution in [0.3, 0.4) is 0 Å². The molecule has 4 aromatic rings. The summed E-state index contributed by atoms with van der Waals surface area (Å²) in [6, 6.07) is 29.0. The second-order valence-corrected chi connectivity index (χ2v) is 9.48. The lowest BCUT2D eigenvalue weighted by atomic mass is 9.94. The maximum absolute atomic E-state index is 12.9. The molecule has 5 nitrogen and oxygen atoms in total. The maximum atomic E-state index is 12.9. The van der Waals surface area contributed by atoms with E-state index in [0.717, 1.165) is 22.3 Å². The molecule has 0 atom stereocenters. The molecule has 0 aliphatic rings. The summed E-state index contributed by atoms with van der Waals surface area (Å²) in [5.74, 6) is -2.54. The fourth-order valence-corrected chi connectivity index (χ4v) is 3.98. The number of hydrogen-bond donors (Lipinski definition) is 0. The number of ketones is 3. The summed E-state index contributed by atoms with van der Waals surface area (Å²) in [5.41, 5.74) is 6.46. The van der Waals surface area contributed by atoms with Crippen LogP contribution >= 0.6 is 22.6 Å². The van der Waals surface area contributed by atoms with Crippen molar-refractivity contribution >= 4 is 39.9 Å². The van der Waals surface area contributed by atoms with Gasteiger partial charge in [0.25, 0.3) is 5.79 Å². The molecule has 0 bridgehead atoms. The lowest BCUT2D eigenvalue weighted by molar-refractivity contribution is -0.176. The number of Topliss-reactive ketones (excluding diaryl/α,β-unsaturated/α-hetero) is 3. The average molecular weight is 681 g/mol. The quantitative estimate of drug-likeness (QED) is 0.0613. The van der Waals surface area contributed by atoms with Gasteiger partial charge in [0.2, 0.25) is 17.3 Å². The Hall–Kier alpha value is -3.46. The molecule has 0 unspecified atom stereocenters. The van der Waals surface area contributed by atoms with Crippen LogP contribution < -0.4 is 0 Å². The highest BCUT2D eigenvalue weighted by atomic mass is 127. The molecule has 0 aromatic heterocycles. The van der Waals surface area contributed by atoms with Crippen molar-refractivity contribution in [3.05, 3.63) is 142 Å². The lowest BCUT2D eigenvalue weighted by Gasteiger charge is -2.29. The average Bonchev–Trinajstić information content (AvgIpc) is 3.00. The first kappa shape index (κ1) is 36.6. The summed E-state index contributed by atoms with van der Waals surface area (Å²) in [4.78, 5) is 38.8. The topological polar surface area (TPSA) is 69.7 Å². The first-order chi connectivity index (χ1) is 19.6. The highest BCUT2D eigenvalue weighted by Gasteiger charge is 2.41. The molecule has 222 valence electrons. The van der Waals surface area contributed by atoms with Gasteiger partial charge in [0.1, 0.15) is 0 Å². The molecule has 4 aromatic carbocycles. The van der Waals surface area contributed by atoms with Gasteiger partial charge in [-0.3, -0.25) is 14.4 Å². The Balaban J connectivity index is 0.000000391. The predicted molar refractivity (Wildman–Crippen MR) is 180 cm³/mol. The van der Waals surface area contributed by atoms with Gasteiger partial charge in [-0.05, 0) is 32.6 Å². The van der Waals surface area contributed by atoms with Crippen molar-refractivity contribution in [1.82, 2.24) is 0 Å². The van der Waals surface area contributed by atoms with Crippen molar-refractivity contribution in [2.45, 2.75) is 40.9 Å². The minimum atomic E-state index is -1.41. The van der Waals surface area contributed by atoms with E-state index >= 15 is 0 Å². The Labute approximate surface area is 264 Å². The number of benzene rings is 4. The third kappa shape index (κ3) is 9.28. The molecule has 0 fully saturated rings. The van der Waals surface area contributed by atoms with Gasteiger partial charge < -0.3 is 9.47 Å². The first-order valence-corrected chi connectivity index (χ1v) is 15.2. The van der Waals surface area contributed by atoms with Gasteiger partial charge in [-0.15, -0.1) is 0 Å². The molecule has 4 rings (SSSR count). The molecule has 0 spiro atoms. The third-order valence-electron chi connectivity index (χ3n) is 6.45. The van der Waals surface area contributed by atoms with Gasteiger partial charge in [-0.1, -0.05) is 149 Å². The minimum Gasteiger partial charge on any atom is -0.343 e. The largest absolute Gasteiger partial charge is 0.343 e. The number of methoxy groups -OCH3 is 2. The molecular formula is C36H41IO5. The Kier molecular flexibility index (Phi) is 15.2. The monoisotopic (exact) mass is 680 g/mol. The fourth-order valence-electron chi connectivity index (χ4n) is 3.98. The number of halogens is 1. The number of carbonyl (C=O) groups is 3. The minimum absolute atomic E-state index is 0. The molecule has 0 amide bonds. The number of hydrogen-bond acceptors (Lipinski definition) is 5. The lowest BCUT2D eigenvalue weighted by Crippen LogP contribution is -2.40. The highest BCUT2D eigenvalue weighted by molar-refractivity contribution is 14.1. The summed E-state index contributed by atoms with van der Waals surface area (Å²) in [5, 5.41) is 0. The van der Waals surface area contributed by atoms with Gasteiger partial charge >= 0.3 is 0 Å². The van der Waals surface area contributed by atoms with Crippen LogP contribution in [0.1, 0.15) is 66.3 Å². The fraction of sp³-hybridized carbons (Fsp3) is 0.250. The summed E-state index contributed by atoms with van der Waals surface area (Å²) in [6.07, 6.45) is 0. The number of ether oxygens (including phenoxy) is 2. The highest BCUT2D eigenvalue weighted by Crippen LogP contribution is 2.30. The van der Waals surface area contributed by atoms with E-state index in [1.165, 1.54) is 14.2 Å². The Morgan fingerprint density at radius 2 is 0.762 bits per heavy atom. The summed E-state index contributed by atoms with van der Waals surface area (Å²) < 4.78 is 11.0. The van der Waals surface area contributed by atoms with E-state index < -0.39 is 17.4 Å². The molecule has 0 heterocycles. The van der Waals surface area contributed by atoms with Crippen LogP contribution in [0, 0.1) is 27.7 Å². The van der Waals surface area contributed by atoms with Crippen molar-refractivity contribution < 1.29 is 23.9 Å². The Morgan fingerprint density at radius 3 is 1.05 bits per heavy atom. The van der Waals surface area contributed by atoms with Crippen LogP contribution in [0.2, 0.25) is 0 Å². The van der Waals surface area contributed by atoms with E-state index in [-0.39, 0.29) is 13.2 Å². The van der Waals surface area contributed by atoms with Crippen LogP contribution in [-0.2, 0) is 15.3 Å². The molecule has 6 heteroatoms. The molecular weight excluding hydrogens is 639 g/mol. The van der Waals surface area contributed by atoms with Gasteiger partial charge in [0.15, 0.2) is 0 Å². The van der Waals surface area contributed by atoms with Gasteiger partial charge in [0, 0.05) is 36.5 Å². The molecule has 0 aliphatic carbocycles.